The van der Waals surface area contributed by atoms with E-state index in [0.29, 0.717) is 18.9 Å². The van der Waals surface area contributed by atoms with Gasteiger partial charge in [0.15, 0.2) is 0 Å². The number of rotatable bonds is 5. The summed E-state index contributed by atoms with van der Waals surface area (Å²) in [5.41, 5.74) is 0. The highest BCUT2D eigenvalue weighted by atomic mass is 16.2. The van der Waals surface area contributed by atoms with Crippen molar-refractivity contribution in [1.82, 2.24) is 30.7 Å². The molecule has 0 spiro atoms. The van der Waals surface area contributed by atoms with Crippen molar-refractivity contribution >= 4 is 11.9 Å². The van der Waals surface area contributed by atoms with Gasteiger partial charge in [0.25, 0.3) is 0 Å². The highest BCUT2D eigenvalue weighted by Crippen LogP contribution is 1.92. The van der Waals surface area contributed by atoms with Crippen LogP contribution in [0.4, 0.5) is 4.79 Å². The predicted octanol–water partition coefficient (Wildman–Crippen LogP) is -0.861. The van der Waals surface area contributed by atoms with E-state index in [1.165, 1.54) is 0 Å². The van der Waals surface area contributed by atoms with Crippen molar-refractivity contribution in [2.75, 3.05) is 6.54 Å². The standard InChI is InChI=1S/C10H18N6O2/c1-4-11-10(18)14-9(17)7(2)12-5-8-15-13-6-16(8)3/h6-7,12H,4-5H2,1-3H3,(H2,11,14,17,18). The third kappa shape index (κ3) is 4.13. The van der Waals surface area contributed by atoms with E-state index in [1.807, 2.05) is 7.05 Å². The molecule has 0 aromatic carbocycles. The van der Waals surface area contributed by atoms with Gasteiger partial charge in [0, 0.05) is 13.6 Å². The second-order valence-electron chi connectivity index (χ2n) is 3.81. The Morgan fingerprint density at radius 2 is 2.22 bits per heavy atom. The number of aryl methyl sites for hydroxylation is 1. The molecular formula is C10H18N6O2. The number of urea groups is 1. The zero-order valence-electron chi connectivity index (χ0n) is 10.7. The van der Waals surface area contributed by atoms with Gasteiger partial charge in [-0.15, -0.1) is 10.2 Å². The summed E-state index contributed by atoms with van der Waals surface area (Å²) >= 11 is 0. The molecule has 0 saturated heterocycles. The summed E-state index contributed by atoms with van der Waals surface area (Å²) in [6, 6.07) is -0.987. The van der Waals surface area contributed by atoms with Crippen molar-refractivity contribution < 1.29 is 9.59 Å². The summed E-state index contributed by atoms with van der Waals surface area (Å²) < 4.78 is 1.75. The van der Waals surface area contributed by atoms with Crippen LogP contribution < -0.4 is 16.0 Å². The van der Waals surface area contributed by atoms with Crippen LogP contribution in [0.25, 0.3) is 0 Å². The maximum absolute atomic E-state index is 11.6. The van der Waals surface area contributed by atoms with Crippen LogP contribution in [0.2, 0.25) is 0 Å². The lowest BCUT2D eigenvalue weighted by molar-refractivity contribution is -0.121. The topological polar surface area (TPSA) is 101 Å². The maximum atomic E-state index is 11.6. The molecule has 0 aliphatic rings. The van der Waals surface area contributed by atoms with Gasteiger partial charge in [0.05, 0.1) is 12.6 Å². The molecule has 8 nitrogen and oxygen atoms in total. The van der Waals surface area contributed by atoms with Gasteiger partial charge in [0.2, 0.25) is 5.91 Å². The summed E-state index contributed by atoms with van der Waals surface area (Å²) in [5.74, 6) is 0.329. The lowest BCUT2D eigenvalue weighted by Crippen LogP contribution is -2.47. The Morgan fingerprint density at radius 1 is 1.50 bits per heavy atom. The molecule has 0 aliphatic heterocycles. The Balaban J connectivity index is 2.36. The minimum absolute atomic E-state index is 0.386. The third-order valence-electron chi connectivity index (χ3n) is 2.34. The maximum Gasteiger partial charge on any atom is 0.321 e. The normalized spacial score (nSPS) is 11.9. The fraction of sp³-hybridized carbons (Fsp3) is 0.600. The molecule has 3 N–H and O–H groups in total. The fourth-order valence-corrected chi connectivity index (χ4v) is 1.23. The average Bonchev–Trinajstić information content (AvgIpc) is 2.72. The van der Waals surface area contributed by atoms with Crippen LogP contribution in [0.3, 0.4) is 0 Å². The molecule has 0 radical (unpaired) electrons. The highest BCUT2D eigenvalue weighted by Gasteiger charge is 2.15. The Labute approximate surface area is 105 Å². The van der Waals surface area contributed by atoms with Gasteiger partial charge in [-0.05, 0) is 13.8 Å². The minimum Gasteiger partial charge on any atom is -0.338 e. The Hall–Kier alpha value is -1.96. The Morgan fingerprint density at radius 3 is 2.78 bits per heavy atom. The second kappa shape index (κ2) is 6.70. The molecule has 3 amide bonds. The largest absolute Gasteiger partial charge is 0.338 e. The summed E-state index contributed by atoms with van der Waals surface area (Å²) in [6.45, 7) is 4.32. The highest BCUT2D eigenvalue weighted by molar-refractivity contribution is 5.96. The van der Waals surface area contributed by atoms with E-state index < -0.39 is 12.1 Å². The molecule has 100 valence electrons. The van der Waals surface area contributed by atoms with Crippen molar-refractivity contribution in [3.8, 4) is 0 Å². The monoisotopic (exact) mass is 254 g/mol. The number of hydrogen-bond donors (Lipinski definition) is 3. The first-order valence-electron chi connectivity index (χ1n) is 5.69. The van der Waals surface area contributed by atoms with Gasteiger partial charge < -0.3 is 9.88 Å². The van der Waals surface area contributed by atoms with Gasteiger partial charge in [0.1, 0.15) is 12.2 Å². The SMILES string of the molecule is CCNC(=O)NC(=O)C(C)NCc1nncn1C. The van der Waals surface area contributed by atoms with Crippen molar-refractivity contribution in [3.05, 3.63) is 12.2 Å². The minimum atomic E-state index is -0.496. The molecule has 1 unspecified atom stereocenters. The van der Waals surface area contributed by atoms with E-state index in [1.54, 1.807) is 24.7 Å². The van der Waals surface area contributed by atoms with Crippen molar-refractivity contribution in [3.63, 3.8) is 0 Å². The average molecular weight is 254 g/mol. The smallest absolute Gasteiger partial charge is 0.321 e. The Bertz CT molecular complexity index is 416. The zero-order chi connectivity index (χ0) is 13.5. The number of nitrogens with zero attached hydrogens (tertiary/aromatic N) is 3. The quantitative estimate of drug-likeness (QED) is 0.634. The van der Waals surface area contributed by atoms with E-state index in [-0.39, 0.29) is 5.91 Å². The summed E-state index contributed by atoms with van der Waals surface area (Å²) in [5, 5.41) is 15.3. The number of carbonyl (C=O) groups is 2. The molecule has 1 aromatic rings. The molecule has 0 saturated carbocycles. The zero-order valence-corrected chi connectivity index (χ0v) is 10.7. The van der Waals surface area contributed by atoms with Crippen LogP contribution >= 0.6 is 0 Å². The van der Waals surface area contributed by atoms with E-state index in [4.69, 9.17) is 0 Å². The number of hydrogen-bond acceptors (Lipinski definition) is 5. The van der Waals surface area contributed by atoms with Gasteiger partial charge in [-0.2, -0.15) is 0 Å². The molecule has 1 rings (SSSR count). The first-order chi connectivity index (χ1) is 8.54. The van der Waals surface area contributed by atoms with Crippen LogP contribution in [0.15, 0.2) is 6.33 Å². The molecule has 1 atom stereocenters. The summed E-state index contributed by atoms with van der Waals surface area (Å²) in [6.07, 6.45) is 1.58. The third-order valence-corrected chi connectivity index (χ3v) is 2.34. The van der Waals surface area contributed by atoms with Crippen molar-refractivity contribution in [2.45, 2.75) is 26.4 Å². The predicted molar refractivity (Wildman–Crippen MR) is 64.5 cm³/mol. The van der Waals surface area contributed by atoms with Gasteiger partial charge >= 0.3 is 6.03 Å². The van der Waals surface area contributed by atoms with Crippen LogP contribution in [-0.2, 0) is 18.4 Å². The van der Waals surface area contributed by atoms with E-state index in [9.17, 15) is 9.59 Å². The first-order valence-corrected chi connectivity index (χ1v) is 5.69. The first kappa shape index (κ1) is 14.1. The molecule has 8 heteroatoms. The van der Waals surface area contributed by atoms with Crippen LogP contribution in [0.1, 0.15) is 19.7 Å². The van der Waals surface area contributed by atoms with Gasteiger partial charge in [-0.3, -0.25) is 15.4 Å². The molecule has 0 fully saturated rings. The van der Waals surface area contributed by atoms with E-state index >= 15 is 0 Å². The number of amides is 3. The van der Waals surface area contributed by atoms with Crippen LogP contribution in [0, 0.1) is 0 Å². The fourth-order valence-electron chi connectivity index (χ4n) is 1.23. The lowest BCUT2D eigenvalue weighted by atomic mass is 10.3. The number of nitrogens with one attached hydrogen (secondary N) is 3. The Kier molecular flexibility index (Phi) is 5.25. The molecule has 1 aromatic heterocycles. The van der Waals surface area contributed by atoms with Gasteiger partial charge in [-0.25, -0.2) is 4.79 Å². The lowest BCUT2D eigenvalue weighted by Gasteiger charge is -2.13. The molecule has 0 aliphatic carbocycles. The molecule has 1 heterocycles. The van der Waals surface area contributed by atoms with Crippen LogP contribution in [-0.4, -0.2) is 39.3 Å². The van der Waals surface area contributed by atoms with E-state index in [2.05, 4.69) is 26.1 Å². The molecule has 0 bridgehead atoms. The number of carbonyl (C=O) groups excluding carboxylic acids is 2. The second-order valence-corrected chi connectivity index (χ2v) is 3.81. The van der Waals surface area contributed by atoms with Gasteiger partial charge in [-0.1, -0.05) is 0 Å². The number of aromatic nitrogens is 3. The summed E-state index contributed by atoms with van der Waals surface area (Å²) in [7, 11) is 1.82. The van der Waals surface area contributed by atoms with Crippen molar-refractivity contribution in [2.24, 2.45) is 7.05 Å². The van der Waals surface area contributed by atoms with Crippen LogP contribution in [0.5, 0.6) is 0 Å². The van der Waals surface area contributed by atoms with Crippen molar-refractivity contribution in [1.29, 1.82) is 0 Å². The summed E-state index contributed by atoms with van der Waals surface area (Å²) in [4.78, 5) is 22.7. The molecule has 18 heavy (non-hydrogen) atoms. The molecular weight excluding hydrogens is 236 g/mol. The number of imide groups is 1. The van der Waals surface area contributed by atoms with E-state index in [0.717, 1.165) is 0 Å².